The number of hydrogen-bond donors (Lipinski definition) is 1. The molecule has 0 saturated carbocycles. The predicted octanol–water partition coefficient (Wildman–Crippen LogP) is 1.85. The summed E-state index contributed by atoms with van der Waals surface area (Å²) >= 11 is 0. The average molecular weight is 270 g/mol. The lowest BCUT2D eigenvalue weighted by Gasteiger charge is -2.32. The highest BCUT2D eigenvalue weighted by atomic mass is 16.7. The van der Waals surface area contributed by atoms with Gasteiger partial charge in [0.1, 0.15) is 0 Å². The van der Waals surface area contributed by atoms with Crippen LogP contribution in [-0.2, 0) is 9.47 Å². The van der Waals surface area contributed by atoms with Crippen molar-refractivity contribution in [1.82, 2.24) is 10.2 Å². The van der Waals surface area contributed by atoms with Crippen molar-refractivity contribution in [3.63, 3.8) is 0 Å². The van der Waals surface area contributed by atoms with E-state index in [2.05, 4.69) is 10.2 Å². The molecule has 19 heavy (non-hydrogen) atoms. The Morgan fingerprint density at radius 2 is 2.05 bits per heavy atom. The van der Waals surface area contributed by atoms with Gasteiger partial charge in [-0.15, -0.1) is 0 Å². The lowest BCUT2D eigenvalue weighted by molar-refractivity contribution is -0.164. The number of nitrogens with one attached hydrogen (secondary N) is 1. The van der Waals surface area contributed by atoms with Crippen molar-refractivity contribution in [1.29, 1.82) is 0 Å². The number of hydrogen-bond acceptors (Lipinski definition) is 4. The van der Waals surface area contributed by atoms with Gasteiger partial charge in [-0.2, -0.15) is 0 Å². The number of rotatable bonds is 7. The second kappa shape index (κ2) is 8.90. The van der Waals surface area contributed by atoms with E-state index in [0.717, 1.165) is 38.6 Å². The molecule has 0 spiro atoms. The zero-order valence-electron chi connectivity index (χ0n) is 12.4. The fraction of sp³-hybridized carbons (Fsp3) is 1.00. The molecule has 4 nitrogen and oxygen atoms in total. The number of piperidine rings is 1. The third-order valence-electron chi connectivity index (χ3n) is 4.36. The minimum absolute atomic E-state index is 0.0712. The molecule has 2 aliphatic heterocycles. The number of nitrogens with zero attached hydrogens (tertiary/aromatic N) is 1. The lowest BCUT2D eigenvalue weighted by atomic mass is 9.93. The van der Waals surface area contributed by atoms with Crippen LogP contribution in [-0.4, -0.2) is 57.6 Å². The van der Waals surface area contributed by atoms with Gasteiger partial charge < -0.3 is 19.7 Å². The van der Waals surface area contributed by atoms with Crippen LogP contribution in [0.3, 0.4) is 0 Å². The fourth-order valence-corrected chi connectivity index (χ4v) is 3.00. The summed E-state index contributed by atoms with van der Waals surface area (Å²) in [5.74, 6) is 0.922. The second-order valence-corrected chi connectivity index (χ2v) is 5.84. The molecule has 112 valence electrons. The van der Waals surface area contributed by atoms with Crippen LogP contribution in [0.25, 0.3) is 0 Å². The third kappa shape index (κ3) is 5.78. The van der Waals surface area contributed by atoms with Gasteiger partial charge in [0.15, 0.2) is 6.29 Å². The summed E-state index contributed by atoms with van der Waals surface area (Å²) in [5.41, 5.74) is 0. The maximum absolute atomic E-state index is 5.80. The summed E-state index contributed by atoms with van der Waals surface area (Å²) < 4.78 is 11.4. The Hall–Kier alpha value is -0.160. The molecule has 0 aromatic rings. The van der Waals surface area contributed by atoms with E-state index in [1.54, 1.807) is 0 Å². The molecule has 2 rings (SSSR count). The maximum Gasteiger partial charge on any atom is 0.157 e. The van der Waals surface area contributed by atoms with Crippen molar-refractivity contribution in [2.24, 2.45) is 5.92 Å². The predicted molar refractivity (Wildman–Crippen MR) is 77.3 cm³/mol. The van der Waals surface area contributed by atoms with Crippen LogP contribution in [0.15, 0.2) is 0 Å². The first-order chi connectivity index (χ1) is 9.38. The van der Waals surface area contributed by atoms with Crippen molar-refractivity contribution >= 4 is 0 Å². The SMILES string of the molecule is CNCCC1CCN(CCOC2CCCCO2)CC1. The molecule has 2 saturated heterocycles. The Morgan fingerprint density at radius 1 is 1.21 bits per heavy atom. The Bertz CT molecular complexity index is 224. The Balaban J connectivity index is 1.50. The van der Waals surface area contributed by atoms with Gasteiger partial charge in [-0.05, 0) is 71.1 Å². The zero-order chi connectivity index (χ0) is 13.3. The molecule has 0 radical (unpaired) electrons. The van der Waals surface area contributed by atoms with E-state index >= 15 is 0 Å². The van der Waals surface area contributed by atoms with Gasteiger partial charge in [0.05, 0.1) is 6.61 Å². The molecule has 1 atom stereocenters. The van der Waals surface area contributed by atoms with Crippen LogP contribution in [0, 0.1) is 5.92 Å². The van der Waals surface area contributed by atoms with Gasteiger partial charge in [0.2, 0.25) is 0 Å². The van der Waals surface area contributed by atoms with E-state index in [4.69, 9.17) is 9.47 Å². The smallest absolute Gasteiger partial charge is 0.157 e. The Kier molecular flexibility index (Phi) is 7.14. The number of ether oxygens (including phenoxy) is 2. The van der Waals surface area contributed by atoms with Crippen LogP contribution in [0.5, 0.6) is 0 Å². The minimum atomic E-state index is 0.0712. The van der Waals surface area contributed by atoms with Gasteiger partial charge in [-0.25, -0.2) is 0 Å². The zero-order valence-corrected chi connectivity index (χ0v) is 12.4. The van der Waals surface area contributed by atoms with Crippen molar-refractivity contribution in [3.8, 4) is 0 Å². The van der Waals surface area contributed by atoms with Crippen LogP contribution in [0.2, 0.25) is 0 Å². The largest absolute Gasteiger partial charge is 0.353 e. The Morgan fingerprint density at radius 3 is 2.74 bits per heavy atom. The summed E-state index contributed by atoms with van der Waals surface area (Å²) in [6, 6.07) is 0. The Labute approximate surface area is 117 Å². The molecular weight excluding hydrogens is 240 g/mol. The molecule has 2 aliphatic rings. The fourth-order valence-electron chi connectivity index (χ4n) is 3.00. The second-order valence-electron chi connectivity index (χ2n) is 5.84. The van der Waals surface area contributed by atoms with Gasteiger partial charge in [-0.3, -0.25) is 0 Å². The first-order valence-corrected chi connectivity index (χ1v) is 7.98. The highest BCUT2D eigenvalue weighted by Gasteiger charge is 2.19. The van der Waals surface area contributed by atoms with Gasteiger partial charge >= 0.3 is 0 Å². The lowest BCUT2D eigenvalue weighted by Crippen LogP contribution is -2.37. The van der Waals surface area contributed by atoms with E-state index in [1.165, 1.54) is 45.2 Å². The van der Waals surface area contributed by atoms with Crippen molar-refractivity contribution < 1.29 is 9.47 Å². The summed E-state index contributed by atoms with van der Waals surface area (Å²) in [6.07, 6.45) is 7.62. The van der Waals surface area contributed by atoms with E-state index < -0.39 is 0 Å². The van der Waals surface area contributed by atoms with Crippen molar-refractivity contribution in [2.75, 3.05) is 46.4 Å². The summed E-state index contributed by atoms with van der Waals surface area (Å²) in [4.78, 5) is 2.54. The van der Waals surface area contributed by atoms with Crippen molar-refractivity contribution in [3.05, 3.63) is 0 Å². The van der Waals surface area contributed by atoms with E-state index in [0.29, 0.717) is 0 Å². The average Bonchev–Trinajstić information content (AvgIpc) is 2.47. The molecular formula is C15H30N2O2. The summed E-state index contributed by atoms with van der Waals surface area (Å²) in [7, 11) is 2.04. The van der Waals surface area contributed by atoms with E-state index in [-0.39, 0.29) is 6.29 Å². The first kappa shape index (κ1) is 15.2. The maximum atomic E-state index is 5.80. The molecule has 4 heteroatoms. The molecule has 1 unspecified atom stereocenters. The minimum Gasteiger partial charge on any atom is -0.353 e. The number of likely N-dealkylation sites (tertiary alicyclic amines) is 1. The molecule has 2 fully saturated rings. The highest BCUT2D eigenvalue weighted by molar-refractivity contribution is 4.72. The topological polar surface area (TPSA) is 33.7 Å². The molecule has 2 heterocycles. The van der Waals surface area contributed by atoms with Crippen LogP contribution in [0.1, 0.15) is 38.5 Å². The van der Waals surface area contributed by atoms with E-state index in [1.807, 2.05) is 7.05 Å². The molecule has 0 aromatic carbocycles. The summed E-state index contributed by atoms with van der Waals surface area (Å²) in [6.45, 7) is 6.41. The molecule has 0 amide bonds. The molecule has 1 N–H and O–H groups in total. The molecule has 0 bridgehead atoms. The standard InChI is InChI=1S/C15H30N2O2/c1-16-8-5-14-6-9-17(10-7-14)11-13-19-15-4-2-3-12-18-15/h14-16H,2-13H2,1H3. The van der Waals surface area contributed by atoms with Crippen LogP contribution < -0.4 is 5.32 Å². The van der Waals surface area contributed by atoms with Gasteiger partial charge in [-0.1, -0.05) is 0 Å². The summed E-state index contributed by atoms with van der Waals surface area (Å²) in [5, 5.41) is 3.25. The van der Waals surface area contributed by atoms with Crippen LogP contribution in [0.4, 0.5) is 0 Å². The van der Waals surface area contributed by atoms with Crippen molar-refractivity contribution in [2.45, 2.75) is 44.8 Å². The van der Waals surface area contributed by atoms with Crippen LogP contribution >= 0.6 is 0 Å². The van der Waals surface area contributed by atoms with E-state index in [9.17, 15) is 0 Å². The normalized spacial score (nSPS) is 26.7. The quantitative estimate of drug-likeness (QED) is 0.765. The first-order valence-electron chi connectivity index (χ1n) is 7.98. The third-order valence-corrected chi connectivity index (χ3v) is 4.36. The highest BCUT2D eigenvalue weighted by Crippen LogP contribution is 2.20. The monoisotopic (exact) mass is 270 g/mol. The molecule has 0 aromatic heterocycles. The molecule has 0 aliphatic carbocycles. The van der Waals surface area contributed by atoms with Gasteiger partial charge in [0.25, 0.3) is 0 Å². The van der Waals surface area contributed by atoms with Gasteiger partial charge in [0, 0.05) is 13.2 Å².